The molecule has 0 spiro atoms. The molecule has 1 rings (SSSR count). The molecule has 0 aromatic heterocycles. The van der Waals surface area contributed by atoms with Crippen molar-refractivity contribution in [2.24, 2.45) is 0 Å². The third kappa shape index (κ3) is 7.01. The predicted molar refractivity (Wildman–Crippen MR) is 95.0 cm³/mol. The van der Waals surface area contributed by atoms with Crippen molar-refractivity contribution in [2.75, 3.05) is 13.6 Å². The lowest BCUT2D eigenvalue weighted by Crippen LogP contribution is -2.13. The van der Waals surface area contributed by atoms with E-state index in [1.807, 2.05) is 13.8 Å². The monoisotopic (exact) mass is 370 g/mol. The Bertz CT molecular complexity index is 544. The SMILES string of the molecule is CCC(=S)OCOC(=O)c1ccc(C(=O)OCOC(=S)CC)cc1. The highest BCUT2D eigenvalue weighted by Gasteiger charge is 2.11. The van der Waals surface area contributed by atoms with Crippen molar-refractivity contribution in [3.05, 3.63) is 35.4 Å². The molecule has 0 heterocycles. The Labute approximate surface area is 151 Å². The van der Waals surface area contributed by atoms with Crippen LogP contribution in [0.2, 0.25) is 0 Å². The van der Waals surface area contributed by atoms with E-state index >= 15 is 0 Å². The molecular formula is C16H18O6S2. The predicted octanol–water partition coefficient (Wildman–Crippen LogP) is 3.42. The molecule has 0 aliphatic carbocycles. The third-order valence-corrected chi connectivity index (χ3v) is 3.57. The van der Waals surface area contributed by atoms with Gasteiger partial charge in [0.25, 0.3) is 0 Å². The highest BCUT2D eigenvalue weighted by atomic mass is 32.1. The van der Waals surface area contributed by atoms with E-state index in [1.54, 1.807) is 0 Å². The van der Waals surface area contributed by atoms with Gasteiger partial charge in [-0.1, -0.05) is 13.8 Å². The molecule has 6 nitrogen and oxygen atoms in total. The number of carbonyl (C=O) groups is 2. The minimum atomic E-state index is -0.578. The second-order valence-corrected chi connectivity index (χ2v) is 5.33. The Morgan fingerprint density at radius 1 is 0.750 bits per heavy atom. The molecule has 1 aromatic carbocycles. The molecule has 0 amide bonds. The number of carbonyl (C=O) groups excluding carboxylic acids is 2. The maximum Gasteiger partial charge on any atom is 0.340 e. The van der Waals surface area contributed by atoms with Crippen LogP contribution >= 0.6 is 24.4 Å². The van der Waals surface area contributed by atoms with Gasteiger partial charge >= 0.3 is 11.9 Å². The van der Waals surface area contributed by atoms with Crippen LogP contribution in [0.4, 0.5) is 0 Å². The molecular weight excluding hydrogens is 352 g/mol. The van der Waals surface area contributed by atoms with Crippen LogP contribution in [0.25, 0.3) is 0 Å². The smallest absolute Gasteiger partial charge is 0.340 e. The molecule has 0 aliphatic rings. The van der Waals surface area contributed by atoms with Crippen molar-refractivity contribution in [2.45, 2.75) is 26.7 Å². The zero-order valence-corrected chi connectivity index (χ0v) is 15.0. The van der Waals surface area contributed by atoms with Gasteiger partial charge in [-0.2, -0.15) is 0 Å². The minimum absolute atomic E-state index is 0.246. The van der Waals surface area contributed by atoms with Crippen LogP contribution in [-0.2, 0) is 18.9 Å². The van der Waals surface area contributed by atoms with Gasteiger partial charge in [-0.05, 0) is 48.7 Å². The zero-order chi connectivity index (χ0) is 17.9. The standard InChI is InChI=1S/C16H18O6S2/c1-3-13(23)19-9-21-15(17)11-5-7-12(8-6-11)16(18)22-10-20-14(24)4-2/h5-8H,3-4,9-10H2,1-2H3. The van der Waals surface area contributed by atoms with Crippen molar-refractivity contribution in [1.82, 2.24) is 0 Å². The van der Waals surface area contributed by atoms with Gasteiger partial charge in [0.05, 0.1) is 11.1 Å². The second kappa shape index (κ2) is 10.7. The summed E-state index contributed by atoms with van der Waals surface area (Å²) >= 11 is 9.69. The molecule has 0 unspecified atom stereocenters. The number of rotatable bonds is 8. The maximum absolute atomic E-state index is 11.8. The van der Waals surface area contributed by atoms with E-state index in [4.69, 9.17) is 43.4 Å². The molecule has 0 atom stereocenters. The quantitative estimate of drug-likeness (QED) is 0.392. The van der Waals surface area contributed by atoms with Crippen LogP contribution in [0.15, 0.2) is 24.3 Å². The Morgan fingerprint density at radius 3 is 1.38 bits per heavy atom. The van der Waals surface area contributed by atoms with Crippen molar-refractivity contribution in [1.29, 1.82) is 0 Å². The molecule has 8 heteroatoms. The van der Waals surface area contributed by atoms with Crippen molar-refractivity contribution in [3.8, 4) is 0 Å². The van der Waals surface area contributed by atoms with Gasteiger partial charge < -0.3 is 18.9 Å². The van der Waals surface area contributed by atoms with Crippen molar-refractivity contribution in [3.63, 3.8) is 0 Å². The molecule has 0 N–H and O–H groups in total. The molecule has 1 aromatic rings. The lowest BCUT2D eigenvalue weighted by Gasteiger charge is -2.08. The molecule has 24 heavy (non-hydrogen) atoms. The average molecular weight is 370 g/mol. The zero-order valence-electron chi connectivity index (χ0n) is 13.4. The molecule has 0 saturated carbocycles. The first kappa shape index (κ1) is 20.0. The van der Waals surface area contributed by atoms with Crippen LogP contribution in [0, 0.1) is 0 Å². The summed E-state index contributed by atoms with van der Waals surface area (Å²) in [6, 6.07) is 5.81. The summed E-state index contributed by atoms with van der Waals surface area (Å²) in [6.07, 6.45) is 1.13. The van der Waals surface area contributed by atoms with Crippen LogP contribution in [0.1, 0.15) is 47.4 Å². The number of ether oxygens (including phenoxy) is 4. The van der Waals surface area contributed by atoms with E-state index in [2.05, 4.69) is 0 Å². The second-order valence-electron chi connectivity index (χ2n) is 4.42. The summed E-state index contributed by atoms with van der Waals surface area (Å²) in [4.78, 5) is 23.6. The Balaban J connectivity index is 2.46. The summed E-state index contributed by atoms with van der Waals surface area (Å²) in [7, 11) is 0. The van der Waals surface area contributed by atoms with Crippen molar-refractivity contribution < 1.29 is 28.5 Å². The fourth-order valence-corrected chi connectivity index (χ4v) is 1.51. The summed E-state index contributed by atoms with van der Waals surface area (Å²) in [5.41, 5.74) is 0.557. The maximum atomic E-state index is 11.8. The summed E-state index contributed by atoms with van der Waals surface area (Å²) in [6.45, 7) is 3.18. The van der Waals surface area contributed by atoms with Gasteiger partial charge in [0.1, 0.15) is 0 Å². The lowest BCUT2D eigenvalue weighted by molar-refractivity contribution is 0.0104. The summed E-state index contributed by atoms with van der Waals surface area (Å²) < 4.78 is 19.8. The number of hydrogen-bond acceptors (Lipinski definition) is 8. The van der Waals surface area contributed by atoms with Gasteiger partial charge in [-0.25, -0.2) is 9.59 Å². The van der Waals surface area contributed by atoms with E-state index < -0.39 is 11.9 Å². The van der Waals surface area contributed by atoms with Crippen molar-refractivity contribution >= 4 is 46.5 Å². The van der Waals surface area contributed by atoms with Gasteiger partial charge in [0.2, 0.25) is 13.6 Å². The third-order valence-electron chi connectivity index (χ3n) is 2.75. The average Bonchev–Trinajstić information content (AvgIpc) is 2.61. The van der Waals surface area contributed by atoms with Gasteiger partial charge in [0.15, 0.2) is 10.1 Å². The van der Waals surface area contributed by atoms with E-state index in [1.165, 1.54) is 24.3 Å². The topological polar surface area (TPSA) is 71.1 Å². The van der Waals surface area contributed by atoms with Crippen LogP contribution in [0.5, 0.6) is 0 Å². The van der Waals surface area contributed by atoms with E-state index in [0.717, 1.165) is 0 Å². The first-order chi connectivity index (χ1) is 11.5. The van der Waals surface area contributed by atoms with E-state index in [0.29, 0.717) is 22.9 Å². The molecule has 0 fully saturated rings. The fourth-order valence-electron chi connectivity index (χ4n) is 1.41. The molecule has 0 saturated heterocycles. The van der Waals surface area contributed by atoms with E-state index in [9.17, 15) is 9.59 Å². The highest BCUT2D eigenvalue weighted by molar-refractivity contribution is 7.80. The number of thiocarbonyl (C=S) groups is 2. The number of esters is 2. The first-order valence-electron chi connectivity index (χ1n) is 7.23. The largest absolute Gasteiger partial charge is 0.451 e. The molecule has 0 bridgehead atoms. The summed E-state index contributed by atoms with van der Waals surface area (Å²) in [5.74, 6) is -1.16. The Hall–Kier alpha value is -2.06. The lowest BCUT2D eigenvalue weighted by atomic mass is 10.1. The van der Waals surface area contributed by atoms with Crippen LogP contribution in [0.3, 0.4) is 0 Å². The molecule has 0 aliphatic heterocycles. The Morgan fingerprint density at radius 2 is 1.08 bits per heavy atom. The first-order valence-corrected chi connectivity index (χ1v) is 8.05. The van der Waals surface area contributed by atoms with Gasteiger partial charge in [-0.15, -0.1) is 0 Å². The minimum Gasteiger partial charge on any atom is -0.451 e. The normalized spacial score (nSPS) is 9.75. The van der Waals surface area contributed by atoms with Crippen LogP contribution in [-0.4, -0.2) is 35.6 Å². The van der Waals surface area contributed by atoms with Gasteiger partial charge in [0, 0.05) is 12.8 Å². The molecule has 0 radical (unpaired) electrons. The van der Waals surface area contributed by atoms with E-state index in [-0.39, 0.29) is 24.7 Å². The Kier molecular flexibility index (Phi) is 8.88. The van der Waals surface area contributed by atoms with Gasteiger partial charge in [-0.3, -0.25) is 0 Å². The number of hydrogen-bond donors (Lipinski definition) is 0. The highest BCUT2D eigenvalue weighted by Crippen LogP contribution is 2.08. The fraction of sp³-hybridized carbons (Fsp3) is 0.375. The number of benzene rings is 1. The molecule has 130 valence electrons. The summed E-state index contributed by atoms with van der Waals surface area (Å²) in [5, 5.41) is 0.733. The van der Waals surface area contributed by atoms with Crippen LogP contribution < -0.4 is 0 Å².